The predicted octanol–water partition coefficient (Wildman–Crippen LogP) is 4.45. The molecule has 0 amide bonds. The van der Waals surface area contributed by atoms with E-state index in [1.807, 2.05) is 17.8 Å². The minimum absolute atomic E-state index is 0.289. The Morgan fingerprint density at radius 3 is 2.62 bits per heavy atom. The molecule has 0 heterocycles. The maximum Gasteiger partial charge on any atom is 0.123 e. The van der Waals surface area contributed by atoms with Crippen LogP contribution in [0, 0.1) is 6.92 Å². The molecule has 2 aromatic carbocycles. The SMILES string of the molecule is COc1cc(C)ccc1C(C)NCCSc1ccccc1. The number of hydrogen-bond acceptors (Lipinski definition) is 3. The van der Waals surface area contributed by atoms with Crippen LogP contribution in [0.4, 0.5) is 0 Å². The van der Waals surface area contributed by atoms with Gasteiger partial charge in [0.25, 0.3) is 0 Å². The number of aryl methyl sites for hydroxylation is 1. The highest BCUT2D eigenvalue weighted by molar-refractivity contribution is 7.99. The minimum Gasteiger partial charge on any atom is -0.496 e. The van der Waals surface area contributed by atoms with Crippen molar-refractivity contribution >= 4 is 11.8 Å². The van der Waals surface area contributed by atoms with Crippen LogP contribution in [-0.2, 0) is 0 Å². The first-order valence-corrected chi connectivity index (χ1v) is 8.25. The van der Waals surface area contributed by atoms with Gasteiger partial charge in [0.2, 0.25) is 0 Å². The summed E-state index contributed by atoms with van der Waals surface area (Å²) in [7, 11) is 1.73. The fraction of sp³-hybridized carbons (Fsp3) is 0.333. The van der Waals surface area contributed by atoms with E-state index < -0.39 is 0 Å². The summed E-state index contributed by atoms with van der Waals surface area (Å²) in [5.41, 5.74) is 2.44. The molecule has 0 aromatic heterocycles. The zero-order valence-corrected chi connectivity index (χ0v) is 13.7. The van der Waals surface area contributed by atoms with E-state index in [0.29, 0.717) is 0 Å². The first-order valence-electron chi connectivity index (χ1n) is 7.26. The van der Waals surface area contributed by atoms with E-state index in [9.17, 15) is 0 Å². The number of methoxy groups -OCH3 is 1. The molecular formula is C18H23NOS. The van der Waals surface area contributed by atoms with E-state index >= 15 is 0 Å². The molecule has 0 aliphatic carbocycles. The van der Waals surface area contributed by atoms with Gasteiger partial charge in [-0.1, -0.05) is 30.3 Å². The second kappa shape index (κ2) is 8.11. The van der Waals surface area contributed by atoms with Crippen LogP contribution < -0.4 is 10.1 Å². The fourth-order valence-corrected chi connectivity index (χ4v) is 3.05. The molecule has 2 nitrogen and oxygen atoms in total. The largest absolute Gasteiger partial charge is 0.496 e. The number of nitrogens with one attached hydrogen (secondary N) is 1. The molecule has 21 heavy (non-hydrogen) atoms. The summed E-state index contributed by atoms with van der Waals surface area (Å²) >= 11 is 1.88. The normalized spacial score (nSPS) is 12.1. The van der Waals surface area contributed by atoms with Crippen molar-refractivity contribution in [1.82, 2.24) is 5.32 Å². The van der Waals surface area contributed by atoms with E-state index in [0.717, 1.165) is 18.0 Å². The first kappa shape index (κ1) is 15.9. The Hall–Kier alpha value is -1.45. The Kier molecular flexibility index (Phi) is 6.15. The van der Waals surface area contributed by atoms with Gasteiger partial charge in [0.1, 0.15) is 5.75 Å². The van der Waals surface area contributed by atoms with Crippen molar-refractivity contribution in [3.05, 3.63) is 59.7 Å². The van der Waals surface area contributed by atoms with Crippen molar-refractivity contribution in [2.45, 2.75) is 24.8 Å². The number of rotatable bonds is 7. The zero-order valence-electron chi connectivity index (χ0n) is 12.9. The zero-order chi connectivity index (χ0) is 15.1. The van der Waals surface area contributed by atoms with E-state index in [-0.39, 0.29) is 6.04 Å². The quantitative estimate of drug-likeness (QED) is 0.603. The second-order valence-electron chi connectivity index (χ2n) is 5.08. The number of thioether (sulfide) groups is 1. The van der Waals surface area contributed by atoms with Crippen molar-refractivity contribution < 1.29 is 4.74 Å². The molecule has 1 N–H and O–H groups in total. The molecule has 1 atom stereocenters. The summed E-state index contributed by atoms with van der Waals surface area (Å²) in [5, 5.41) is 3.56. The summed E-state index contributed by atoms with van der Waals surface area (Å²) in [4.78, 5) is 1.32. The molecular weight excluding hydrogens is 278 g/mol. The van der Waals surface area contributed by atoms with Crippen LogP contribution in [0.2, 0.25) is 0 Å². The molecule has 112 valence electrons. The standard InChI is InChI=1S/C18H23NOS/c1-14-9-10-17(18(13-14)20-3)15(2)19-11-12-21-16-7-5-4-6-8-16/h4-10,13,15,19H,11-12H2,1-3H3. The highest BCUT2D eigenvalue weighted by Crippen LogP contribution is 2.26. The van der Waals surface area contributed by atoms with Crippen LogP contribution in [0.5, 0.6) is 5.75 Å². The molecule has 1 unspecified atom stereocenters. The molecule has 0 saturated heterocycles. The van der Waals surface area contributed by atoms with E-state index in [2.05, 4.69) is 61.6 Å². The van der Waals surface area contributed by atoms with Gasteiger partial charge in [-0.15, -0.1) is 11.8 Å². The number of hydrogen-bond donors (Lipinski definition) is 1. The third-order valence-electron chi connectivity index (χ3n) is 3.42. The van der Waals surface area contributed by atoms with Gasteiger partial charge in [0, 0.05) is 28.8 Å². The lowest BCUT2D eigenvalue weighted by Gasteiger charge is -2.17. The molecule has 0 aliphatic rings. The summed E-state index contributed by atoms with van der Waals surface area (Å²) in [6.45, 7) is 5.24. The maximum atomic E-state index is 5.48. The minimum atomic E-state index is 0.289. The van der Waals surface area contributed by atoms with Crippen LogP contribution in [-0.4, -0.2) is 19.4 Å². The summed E-state index contributed by atoms with van der Waals surface area (Å²) < 4.78 is 5.48. The molecule has 0 bridgehead atoms. The molecule has 2 aromatic rings. The van der Waals surface area contributed by atoms with Crippen LogP contribution in [0.25, 0.3) is 0 Å². The Labute approximate surface area is 131 Å². The lowest BCUT2D eigenvalue weighted by Crippen LogP contribution is -2.21. The average molecular weight is 301 g/mol. The predicted molar refractivity (Wildman–Crippen MR) is 91.3 cm³/mol. The first-order chi connectivity index (χ1) is 10.2. The van der Waals surface area contributed by atoms with Crippen molar-refractivity contribution in [3.8, 4) is 5.75 Å². The lowest BCUT2D eigenvalue weighted by molar-refractivity contribution is 0.402. The van der Waals surface area contributed by atoms with Gasteiger partial charge in [-0.2, -0.15) is 0 Å². The monoisotopic (exact) mass is 301 g/mol. The Morgan fingerprint density at radius 1 is 1.14 bits per heavy atom. The molecule has 0 radical (unpaired) electrons. The molecule has 3 heteroatoms. The van der Waals surface area contributed by atoms with Crippen LogP contribution in [0.15, 0.2) is 53.4 Å². The van der Waals surface area contributed by atoms with Gasteiger partial charge in [0.15, 0.2) is 0 Å². The molecule has 2 rings (SSSR count). The smallest absolute Gasteiger partial charge is 0.123 e. The molecule has 0 spiro atoms. The molecule has 0 fully saturated rings. The van der Waals surface area contributed by atoms with E-state index in [1.165, 1.54) is 16.0 Å². The van der Waals surface area contributed by atoms with Crippen molar-refractivity contribution in [2.24, 2.45) is 0 Å². The van der Waals surface area contributed by atoms with E-state index in [1.54, 1.807) is 7.11 Å². The van der Waals surface area contributed by atoms with Crippen LogP contribution in [0.3, 0.4) is 0 Å². The molecule has 0 saturated carbocycles. The highest BCUT2D eigenvalue weighted by atomic mass is 32.2. The topological polar surface area (TPSA) is 21.3 Å². The third-order valence-corrected chi connectivity index (χ3v) is 4.43. The van der Waals surface area contributed by atoms with Gasteiger partial charge in [-0.05, 0) is 37.6 Å². The van der Waals surface area contributed by atoms with Gasteiger partial charge < -0.3 is 10.1 Å². The second-order valence-corrected chi connectivity index (χ2v) is 6.25. The van der Waals surface area contributed by atoms with E-state index in [4.69, 9.17) is 4.74 Å². The molecule has 0 aliphatic heterocycles. The number of benzene rings is 2. The summed E-state index contributed by atoms with van der Waals surface area (Å²) in [6, 6.07) is 17.2. The van der Waals surface area contributed by atoms with Gasteiger partial charge in [0.05, 0.1) is 7.11 Å². The Bertz CT molecular complexity index is 556. The average Bonchev–Trinajstić information content (AvgIpc) is 2.52. The lowest BCUT2D eigenvalue weighted by atomic mass is 10.1. The fourth-order valence-electron chi connectivity index (χ4n) is 2.25. The van der Waals surface area contributed by atoms with Crippen LogP contribution >= 0.6 is 11.8 Å². The van der Waals surface area contributed by atoms with Gasteiger partial charge in [-0.3, -0.25) is 0 Å². The third kappa shape index (κ3) is 4.80. The Balaban J connectivity index is 1.83. The Morgan fingerprint density at radius 2 is 1.90 bits per heavy atom. The van der Waals surface area contributed by atoms with Crippen molar-refractivity contribution in [1.29, 1.82) is 0 Å². The van der Waals surface area contributed by atoms with Crippen molar-refractivity contribution in [2.75, 3.05) is 19.4 Å². The summed E-state index contributed by atoms with van der Waals surface area (Å²) in [6.07, 6.45) is 0. The van der Waals surface area contributed by atoms with Crippen LogP contribution in [0.1, 0.15) is 24.1 Å². The van der Waals surface area contributed by atoms with Gasteiger partial charge in [-0.25, -0.2) is 0 Å². The number of ether oxygens (including phenoxy) is 1. The van der Waals surface area contributed by atoms with Crippen molar-refractivity contribution in [3.63, 3.8) is 0 Å². The maximum absolute atomic E-state index is 5.48. The highest BCUT2D eigenvalue weighted by Gasteiger charge is 2.10. The summed E-state index contributed by atoms with van der Waals surface area (Å²) in [5.74, 6) is 2.02. The van der Waals surface area contributed by atoms with Gasteiger partial charge >= 0.3 is 0 Å².